The number of nitriles is 1. The first-order chi connectivity index (χ1) is 7.72. The molecule has 0 fully saturated rings. The van der Waals surface area contributed by atoms with E-state index in [1.807, 2.05) is 12.1 Å². The van der Waals surface area contributed by atoms with Crippen LogP contribution < -0.4 is 0 Å². The Kier molecular flexibility index (Phi) is 3.12. The lowest BCUT2D eigenvalue weighted by Crippen LogP contribution is -2.06. The summed E-state index contributed by atoms with van der Waals surface area (Å²) in [6, 6.07) is 4.58. The highest BCUT2D eigenvalue weighted by atomic mass is 35.5. The lowest BCUT2D eigenvalue weighted by atomic mass is 9.98. The summed E-state index contributed by atoms with van der Waals surface area (Å²) in [5, 5.41) is 8.95. The van der Waals surface area contributed by atoms with Crippen molar-refractivity contribution in [1.29, 1.82) is 5.26 Å². The first-order valence-electron chi connectivity index (χ1n) is 4.92. The van der Waals surface area contributed by atoms with Gasteiger partial charge in [0, 0.05) is 5.56 Å². The smallest absolute Gasteiger partial charge is 0.143 e. The molecular formula is C12H9ClFNO. The van der Waals surface area contributed by atoms with Crippen molar-refractivity contribution < 1.29 is 9.13 Å². The van der Waals surface area contributed by atoms with E-state index < -0.39 is 5.82 Å². The second-order valence-electron chi connectivity index (χ2n) is 3.54. The first-order valence-corrected chi connectivity index (χ1v) is 5.29. The maximum absolute atomic E-state index is 13.2. The molecule has 0 radical (unpaired) electrons. The van der Waals surface area contributed by atoms with Crippen LogP contribution in [0, 0.1) is 17.1 Å². The molecule has 1 atom stereocenters. The van der Waals surface area contributed by atoms with Crippen molar-refractivity contribution in [3.8, 4) is 6.07 Å². The molecule has 2 nitrogen and oxygen atoms in total. The molecule has 1 aliphatic heterocycles. The highest BCUT2D eigenvalue weighted by molar-refractivity contribution is 6.30. The number of nitrogens with zero attached hydrogens (tertiary/aromatic N) is 1. The number of hydrogen-bond acceptors (Lipinski definition) is 2. The summed E-state index contributed by atoms with van der Waals surface area (Å²) >= 11 is 5.70. The van der Waals surface area contributed by atoms with Gasteiger partial charge in [-0.1, -0.05) is 11.6 Å². The molecule has 0 amide bonds. The van der Waals surface area contributed by atoms with E-state index in [2.05, 4.69) is 0 Å². The second kappa shape index (κ2) is 4.54. The van der Waals surface area contributed by atoms with Gasteiger partial charge in [-0.05, 0) is 31.1 Å². The Bertz CT molecular complexity index is 479. The van der Waals surface area contributed by atoms with Gasteiger partial charge in [0.15, 0.2) is 0 Å². The SMILES string of the molecule is N#Cc1cc(F)c(Cl)cc1C1CCC=CO1. The Morgan fingerprint density at radius 3 is 2.94 bits per heavy atom. The molecule has 0 N–H and O–H groups in total. The van der Waals surface area contributed by atoms with E-state index >= 15 is 0 Å². The largest absolute Gasteiger partial charge is 0.494 e. The van der Waals surface area contributed by atoms with Crippen molar-refractivity contribution in [2.24, 2.45) is 0 Å². The molecule has 16 heavy (non-hydrogen) atoms. The Labute approximate surface area is 97.9 Å². The molecule has 1 aromatic carbocycles. The van der Waals surface area contributed by atoms with E-state index in [-0.39, 0.29) is 16.7 Å². The van der Waals surface area contributed by atoms with Crippen molar-refractivity contribution in [3.63, 3.8) is 0 Å². The van der Waals surface area contributed by atoms with Crippen LogP contribution in [0.5, 0.6) is 0 Å². The Hall–Kier alpha value is -1.53. The van der Waals surface area contributed by atoms with Gasteiger partial charge in [-0.15, -0.1) is 0 Å². The Morgan fingerprint density at radius 1 is 1.50 bits per heavy atom. The van der Waals surface area contributed by atoms with Crippen LogP contribution in [0.1, 0.15) is 30.1 Å². The molecule has 0 saturated carbocycles. The lowest BCUT2D eigenvalue weighted by molar-refractivity contribution is 0.125. The van der Waals surface area contributed by atoms with Gasteiger partial charge in [-0.3, -0.25) is 0 Å². The van der Waals surface area contributed by atoms with Gasteiger partial charge in [0.2, 0.25) is 0 Å². The van der Waals surface area contributed by atoms with Gasteiger partial charge in [-0.25, -0.2) is 4.39 Å². The molecule has 2 rings (SSSR count). The van der Waals surface area contributed by atoms with E-state index in [4.69, 9.17) is 21.6 Å². The zero-order valence-electron chi connectivity index (χ0n) is 8.41. The Balaban J connectivity index is 2.43. The van der Waals surface area contributed by atoms with E-state index in [9.17, 15) is 4.39 Å². The molecule has 1 aromatic rings. The number of ether oxygens (including phenoxy) is 1. The molecule has 1 heterocycles. The van der Waals surface area contributed by atoms with E-state index in [1.54, 1.807) is 6.26 Å². The third-order valence-electron chi connectivity index (χ3n) is 2.49. The van der Waals surface area contributed by atoms with Gasteiger partial charge in [0.1, 0.15) is 11.9 Å². The summed E-state index contributed by atoms with van der Waals surface area (Å²) in [5.41, 5.74) is 0.931. The van der Waals surface area contributed by atoms with E-state index in [0.717, 1.165) is 18.9 Å². The molecule has 0 spiro atoms. The number of halogens is 2. The van der Waals surface area contributed by atoms with E-state index in [0.29, 0.717) is 5.56 Å². The number of allylic oxidation sites excluding steroid dienone is 1. The van der Waals surface area contributed by atoms with E-state index in [1.165, 1.54) is 6.07 Å². The fourth-order valence-electron chi connectivity index (χ4n) is 1.69. The van der Waals surface area contributed by atoms with Crippen molar-refractivity contribution in [1.82, 2.24) is 0 Å². The van der Waals surface area contributed by atoms with Crippen LogP contribution in [0.4, 0.5) is 4.39 Å². The summed E-state index contributed by atoms with van der Waals surface area (Å²) in [7, 11) is 0. The monoisotopic (exact) mass is 237 g/mol. The summed E-state index contributed by atoms with van der Waals surface area (Å²) < 4.78 is 18.6. The minimum atomic E-state index is -0.576. The van der Waals surface area contributed by atoms with Gasteiger partial charge in [0.05, 0.1) is 22.9 Å². The molecule has 0 saturated heterocycles. The van der Waals surface area contributed by atoms with Crippen molar-refractivity contribution in [3.05, 3.63) is 46.4 Å². The molecule has 82 valence electrons. The third-order valence-corrected chi connectivity index (χ3v) is 2.78. The van der Waals surface area contributed by atoms with Crippen LogP contribution >= 0.6 is 11.6 Å². The number of hydrogen-bond donors (Lipinski definition) is 0. The van der Waals surface area contributed by atoms with Crippen LogP contribution in [0.3, 0.4) is 0 Å². The maximum Gasteiger partial charge on any atom is 0.143 e. The predicted molar refractivity (Wildman–Crippen MR) is 58.3 cm³/mol. The van der Waals surface area contributed by atoms with Gasteiger partial charge in [0.25, 0.3) is 0 Å². The van der Waals surface area contributed by atoms with Crippen LogP contribution in [0.25, 0.3) is 0 Å². The third kappa shape index (κ3) is 2.02. The van der Waals surface area contributed by atoms with Crippen LogP contribution in [-0.2, 0) is 4.74 Å². The second-order valence-corrected chi connectivity index (χ2v) is 3.95. The topological polar surface area (TPSA) is 33.0 Å². The number of rotatable bonds is 1. The quantitative estimate of drug-likeness (QED) is 0.746. The van der Waals surface area contributed by atoms with Gasteiger partial charge in [-0.2, -0.15) is 5.26 Å². The Morgan fingerprint density at radius 2 is 2.31 bits per heavy atom. The molecule has 4 heteroatoms. The predicted octanol–water partition coefficient (Wildman–Crippen LogP) is 3.72. The molecule has 0 bridgehead atoms. The summed E-state index contributed by atoms with van der Waals surface area (Å²) in [6.45, 7) is 0. The first kappa shape index (κ1) is 11.0. The standard InChI is InChI=1S/C12H9ClFNO/c13-10-6-9(8(7-15)5-11(10)14)12-3-1-2-4-16-12/h2,4-6,12H,1,3H2. The zero-order chi connectivity index (χ0) is 11.5. The summed E-state index contributed by atoms with van der Waals surface area (Å²) in [5.74, 6) is -0.576. The van der Waals surface area contributed by atoms with Crippen molar-refractivity contribution >= 4 is 11.6 Å². The molecule has 1 unspecified atom stereocenters. The molecular weight excluding hydrogens is 229 g/mol. The lowest BCUT2D eigenvalue weighted by Gasteiger charge is -2.20. The summed E-state index contributed by atoms with van der Waals surface area (Å²) in [6.07, 6.45) is 4.95. The fourth-order valence-corrected chi connectivity index (χ4v) is 1.86. The highest BCUT2D eigenvalue weighted by Gasteiger charge is 2.19. The highest BCUT2D eigenvalue weighted by Crippen LogP contribution is 2.31. The van der Waals surface area contributed by atoms with Gasteiger partial charge < -0.3 is 4.74 Å². The van der Waals surface area contributed by atoms with Crippen LogP contribution in [0.15, 0.2) is 24.5 Å². The summed E-state index contributed by atoms with van der Waals surface area (Å²) in [4.78, 5) is 0. The average molecular weight is 238 g/mol. The minimum Gasteiger partial charge on any atom is -0.494 e. The molecule has 1 aliphatic rings. The van der Waals surface area contributed by atoms with Crippen LogP contribution in [0.2, 0.25) is 5.02 Å². The van der Waals surface area contributed by atoms with Gasteiger partial charge >= 0.3 is 0 Å². The van der Waals surface area contributed by atoms with Crippen LogP contribution in [-0.4, -0.2) is 0 Å². The van der Waals surface area contributed by atoms with Crippen molar-refractivity contribution in [2.45, 2.75) is 18.9 Å². The normalized spacial score (nSPS) is 18.9. The molecule has 0 aliphatic carbocycles. The fraction of sp³-hybridized carbons (Fsp3) is 0.250. The maximum atomic E-state index is 13.2. The zero-order valence-corrected chi connectivity index (χ0v) is 9.17. The average Bonchev–Trinajstić information content (AvgIpc) is 2.33. The number of benzene rings is 1. The van der Waals surface area contributed by atoms with Crippen molar-refractivity contribution in [2.75, 3.05) is 0 Å². The minimum absolute atomic E-state index is 0.0205. The molecule has 0 aromatic heterocycles.